The van der Waals surface area contributed by atoms with Crippen molar-refractivity contribution in [1.29, 1.82) is 0 Å². The van der Waals surface area contributed by atoms with E-state index >= 15 is 0 Å². The van der Waals surface area contributed by atoms with Gasteiger partial charge in [-0.3, -0.25) is 4.90 Å². The molecule has 5 rings (SSSR count). The molecular weight excluding hydrogens is 581 g/mol. The van der Waals surface area contributed by atoms with Crippen molar-refractivity contribution in [3.63, 3.8) is 0 Å². The fourth-order valence-electron chi connectivity index (χ4n) is 4.95. The van der Waals surface area contributed by atoms with Gasteiger partial charge in [0.25, 0.3) is 0 Å². The van der Waals surface area contributed by atoms with Gasteiger partial charge in [-0.25, -0.2) is 4.39 Å². The van der Waals surface area contributed by atoms with Crippen molar-refractivity contribution in [3.8, 4) is 5.75 Å². The summed E-state index contributed by atoms with van der Waals surface area (Å²) in [5.74, 6) is 0.623. The highest BCUT2D eigenvalue weighted by Crippen LogP contribution is 2.32. The van der Waals surface area contributed by atoms with Gasteiger partial charge in [-0.15, -0.1) is 0 Å². The monoisotopic (exact) mass is 641 g/mol. The lowest BCUT2D eigenvalue weighted by Gasteiger charge is -2.26. The smallest absolute Gasteiger partial charge is 0.123 e. The van der Waals surface area contributed by atoms with Crippen LogP contribution < -0.4 is 4.74 Å². The summed E-state index contributed by atoms with van der Waals surface area (Å²) in [7, 11) is 0. The maximum absolute atomic E-state index is 13.9. The van der Waals surface area contributed by atoms with Crippen LogP contribution in [-0.4, -0.2) is 44.4 Å². The number of ether oxygens (including phenoxy) is 2. The Labute approximate surface area is 286 Å². The van der Waals surface area contributed by atoms with Crippen LogP contribution in [0.5, 0.6) is 5.75 Å². The zero-order valence-corrected chi connectivity index (χ0v) is 30.4. The van der Waals surface area contributed by atoms with Crippen LogP contribution in [0.15, 0.2) is 115 Å². The molecule has 0 unspecified atom stereocenters. The molecule has 0 N–H and O–H groups in total. The largest absolute Gasteiger partial charge is 0.492 e. The fourth-order valence-corrected chi connectivity index (χ4v) is 4.95. The molecule has 1 fully saturated rings. The predicted molar refractivity (Wildman–Crippen MR) is 202 cm³/mol. The second-order valence-corrected chi connectivity index (χ2v) is 10.3. The van der Waals surface area contributed by atoms with E-state index in [-0.39, 0.29) is 5.82 Å². The first kappa shape index (κ1) is 41.3. The topological polar surface area (TPSA) is 21.7 Å². The molecule has 0 aliphatic carbocycles. The average molecular weight is 642 g/mol. The van der Waals surface area contributed by atoms with Gasteiger partial charge in [0.05, 0.1) is 13.2 Å². The molecule has 0 atom stereocenters. The Morgan fingerprint density at radius 2 is 1.06 bits per heavy atom. The zero-order chi connectivity index (χ0) is 34.7. The van der Waals surface area contributed by atoms with E-state index < -0.39 is 0 Å². The second-order valence-electron chi connectivity index (χ2n) is 10.3. The summed E-state index contributed by atoms with van der Waals surface area (Å²) < 4.78 is 25.4. The fraction of sp³-hybridized carbons (Fsp3) is 0.395. The lowest BCUT2D eigenvalue weighted by molar-refractivity contribution is 0.0322. The highest BCUT2D eigenvalue weighted by atomic mass is 19.1. The van der Waals surface area contributed by atoms with E-state index in [2.05, 4.69) is 79.4 Å². The molecule has 1 aliphatic heterocycles. The predicted octanol–water partition coefficient (Wildman–Crippen LogP) is 11.3. The van der Waals surface area contributed by atoms with Crippen LogP contribution in [-0.2, 0) is 17.6 Å². The van der Waals surface area contributed by atoms with E-state index in [1.165, 1.54) is 23.1 Å². The Morgan fingerprint density at radius 1 is 0.638 bits per heavy atom. The number of morpholine rings is 1. The third-order valence-corrected chi connectivity index (χ3v) is 6.93. The Morgan fingerprint density at radius 3 is 1.51 bits per heavy atom. The van der Waals surface area contributed by atoms with Gasteiger partial charge in [-0.05, 0) is 64.9 Å². The maximum atomic E-state index is 13.9. The lowest BCUT2D eigenvalue weighted by Crippen LogP contribution is -2.38. The number of rotatable bonds is 10. The quantitative estimate of drug-likeness (QED) is 0.172. The van der Waals surface area contributed by atoms with E-state index in [1.54, 1.807) is 12.1 Å². The minimum Gasteiger partial charge on any atom is -0.492 e. The van der Waals surface area contributed by atoms with Crippen LogP contribution in [0.4, 0.5) is 4.39 Å². The minimum absolute atomic E-state index is 0.232. The van der Waals surface area contributed by atoms with Crippen molar-refractivity contribution in [1.82, 2.24) is 4.90 Å². The number of hydrogen-bond acceptors (Lipinski definition) is 3. The molecular formula is C43H60FNO2. The van der Waals surface area contributed by atoms with Gasteiger partial charge in [-0.2, -0.15) is 0 Å². The summed E-state index contributed by atoms with van der Waals surface area (Å²) in [6, 6.07) is 36.3. The van der Waals surface area contributed by atoms with Crippen molar-refractivity contribution < 1.29 is 13.9 Å². The van der Waals surface area contributed by atoms with Crippen molar-refractivity contribution in [2.45, 2.75) is 74.7 Å². The molecule has 0 radical (unpaired) electrons. The first-order valence-electron chi connectivity index (χ1n) is 17.8. The molecule has 0 amide bonds. The zero-order valence-electron chi connectivity index (χ0n) is 30.4. The van der Waals surface area contributed by atoms with Crippen LogP contribution in [0, 0.1) is 5.82 Å². The minimum atomic E-state index is -0.232. The van der Waals surface area contributed by atoms with Crippen molar-refractivity contribution >= 4 is 5.57 Å². The molecule has 0 spiro atoms. The van der Waals surface area contributed by atoms with Crippen molar-refractivity contribution in [2.75, 3.05) is 39.5 Å². The SMILES string of the molecule is CC.CC.CC.CCC.Fc1ccc(C(=C(Cc2ccccc2)Cc2ccccc2)c2ccc(OCCN3CCOCC3)cc2)cc1. The number of allylic oxidation sites excluding steroid dienone is 1. The number of hydrogen-bond donors (Lipinski definition) is 0. The Balaban J connectivity index is 0.00000112. The molecule has 47 heavy (non-hydrogen) atoms. The van der Waals surface area contributed by atoms with Gasteiger partial charge in [0.15, 0.2) is 0 Å². The van der Waals surface area contributed by atoms with Crippen LogP contribution in [0.2, 0.25) is 0 Å². The van der Waals surface area contributed by atoms with E-state index in [0.29, 0.717) is 6.61 Å². The van der Waals surface area contributed by atoms with Crippen molar-refractivity contribution in [3.05, 3.63) is 143 Å². The van der Waals surface area contributed by atoms with Crippen LogP contribution in [0.25, 0.3) is 5.57 Å². The molecule has 1 saturated heterocycles. The molecule has 0 bridgehead atoms. The van der Waals surface area contributed by atoms with E-state index in [1.807, 2.05) is 77.9 Å². The molecule has 4 aromatic rings. The first-order valence-corrected chi connectivity index (χ1v) is 17.8. The summed E-state index contributed by atoms with van der Waals surface area (Å²) in [4.78, 5) is 2.37. The Kier molecular flexibility index (Phi) is 23.2. The maximum Gasteiger partial charge on any atom is 0.123 e. The van der Waals surface area contributed by atoms with E-state index in [4.69, 9.17) is 9.47 Å². The number of nitrogens with zero attached hydrogens (tertiary/aromatic N) is 1. The van der Waals surface area contributed by atoms with E-state index in [0.717, 1.165) is 68.1 Å². The normalized spacial score (nSPS) is 11.9. The molecule has 0 saturated carbocycles. The standard InChI is InChI=1S/C34H34FNO2.C3H8.3C2H6/c35-32-15-11-29(12-16-32)34(30-13-17-33(18-14-30)38-24-21-36-19-22-37-23-20-36)31(25-27-7-3-1-4-8-27)26-28-9-5-2-6-10-28;1-3-2;3*1-2/h1-18H,19-26H2;3H2,1-2H3;3*1-2H3. The molecule has 1 heterocycles. The summed E-state index contributed by atoms with van der Waals surface area (Å²) >= 11 is 0. The molecule has 4 aromatic carbocycles. The van der Waals surface area contributed by atoms with Crippen LogP contribution in [0.3, 0.4) is 0 Å². The highest BCUT2D eigenvalue weighted by Gasteiger charge is 2.15. The van der Waals surface area contributed by atoms with Gasteiger partial charge in [0.1, 0.15) is 18.2 Å². The number of benzene rings is 4. The highest BCUT2D eigenvalue weighted by molar-refractivity contribution is 5.83. The third-order valence-electron chi connectivity index (χ3n) is 6.93. The molecule has 1 aliphatic rings. The van der Waals surface area contributed by atoms with E-state index in [9.17, 15) is 4.39 Å². The summed E-state index contributed by atoms with van der Waals surface area (Å²) in [5, 5.41) is 0. The Hall–Kier alpha value is -3.73. The van der Waals surface area contributed by atoms with Gasteiger partial charge in [0, 0.05) is 19.6 Å². The van der Waals surface area contributed by atoms with Gasteiger partial charge < -0.3 is 9.47 Å². The summed E-state index contributed by atoms with van der Waals surface area (Å²) in [5.41, 5.74) is 7.03. The molecule has 256 valence electrons. The molecule has 4 heteroatoms. The van der Waals surface area contributed by atoms with Crippen LogP contribution in [0.1, 0.15) is 84.1 Å². The number of halogens is 1. The van der Waals surface area contributed by atoms with Crippen molar-refractivity contribution in [2.24, 2.45) is 0 Å². The van der Waals surface area contributed by atoms with Gasteiger partial charge in [0.2, 0.25) is 0 Å². The summed E-state index contributed by atoms with van der Waals surface area (Å²) in [6.45, 7) is 21.3. The molecule has 3 nitrogen and oxygen atoms in total. The second kappa shape index (κ2) is 26.4. The lowest BCUT2D eigenvalue weighted by atomic mass is 9.86. The first-order chi connectivity index (χ1) is 23.2. The Bertz CT molecular complexity index is 1270. The third kappa shape index (κ3) is 15.6. The molecule has 0 aromatic heterocycles. The summed E-state index contributed by atoms with van der Waals surface area (Å²) in [6.07, 6.45) is 2.86. The van der Waals surface area contributed by atoms with Gasteiger partial charge in [-0.1, -0.05) is 152 Å². The van der Waals surface area contributed by atoms with Crippen LogP contribution >= 0.6 is 0 Å². The average Bonchev–Trinajstić information content (AvgIpc) is 3.14. The van der Waals surface area contributed by atoms with Gasteiger partial charge >= 0.3 is 0 Å².